The number of aromatic nitrogens is 2. The Balaban J connectivity index is 2.16. The van der Waals surface area contributed by atoms with Crippen LogP contribution in [-0.4, -0.2) is 28.0 Å². The van der Waals surface area contributed by atoms with E-state index in [-0.39, 0.29) is 21.8 Å². The van der Waals surface area contributed by atoms with Gasteiger partial charge in [-0.05, 0) is 19.1 Å². The fourth-order valence-corrected chi connectivity index (χ4v) is 1.89. The highest BCUT2D eigenvalue weighted by molar-refractivity contribution is 6.34. The zero-order chi connectivity index (χ0) is 14.0. The number of amides is 1. The summed E-state index contributed by atoms with van der Waals surface area (Å²) in [5.74, 6) is 0.364. The maximum absolute atomic E-state index is 12.2. The van der Waals surface area contributed by atoms with Crippen molar-refractivity contribution in [2.75, 3.05) is 7.05 Å². The smallest absolute Gasteiger partial charge is 0.274 e. The van der Waals surface area contributed by atoms with E-state index in [1.54, 1.807) is 20.0 Å². The molecular weight excluding hydrogens is 289 g/mol. The fourth-order valence-electron chi connectivity index (χ4n) is 1.56. The van der Waals surface area contributed by atoms with Crippen LogP contribution < -0.4 is 0 Å². The molecule has 0 N–H and O–H groups in total. The number of carbonyl (C=O) groups excluding carboxylic acids is 1. The number of aryl methyl sites for hydroxylation is 1. The first-order chi connectivity index (χ1) is 8.97. The minimum absolute atomic E-state index is 0.122. The SMILES string of the molecule is Cc1cc(CN(C)C(=O)c2nc(Cl)ccc2Cl)no1. The van der Waals surface area contributed by atoms with Gasteiger partial charge >= 0.3 is 0 Å². The monoisotopic (exact) mass is 299 g/mol. The van der Waals surface area contributed by atoms with Gasteiger partial charge in [-0.15, -0.1) is 0 Å². The Morgan fingerprint density at radius 2 is 2.16 bits per heavy atom. The molecule has 0 aliphatic carbocycles. The van der Waals surface area contributed by atoms with E-state index in [0.717, 1.165) is 0 Å². The van der Waals surface area contributed by atoms with Crippen LogP contribution in [0.2, 0.25) is 10.2 Å². The zero-order valence-electron chi connectivity index (χ0n) is 10.4. The van der Waals surface area contributed by atoms with Gasteiger partial charge in [0.15, 0.2) is 0 Å². The molecule has 2 aromatic rings. The summed E-state index contributed by atoms with van der Waals surface area (Å²) in [4.78, 5) is 17.6. The largest absolute Gasteiger partial charge is 0.361 e. The molecule has 0 fully saturated rings. The Bertz CT molecular complexity index is 613. The zero-order valence-corrected chi connectivity index (χ0v) is 11.9. The van der Waals surface area contributed by atoms with Crippen LogP contribution in [0, 0.1) is 6.92 Å². The molecule has 0 aliphatic heterocycles. The minimum atomic E-state index is -0.326. The molecule has 0 spiro atoms. The first kappa shape index (κ1) is 13.8. The molecular formula is C12H11Cl2N3O2. The molecule has 0 radical (unpaired) electrons. The van der Waals surface area contributed by atoms with Gasteiger partial charge in [-0.2, -0.15) is 0 Å². The van der Waals surface area contributed by atoms with Crippen LogP contribution >= 0.6 is 23.2 Å². The average Bonchev–Trinajstić information content (AvgIpc) is 2.77. The normalized spacial score (nSPS) is 10.5. The molecule has 0 atom stereocenters. The predicted octanol–water partition coefficient (Wildman–Crippen LogP) is 2.96. The second-order valence-electron chi connectivity index (χ2n) is 4.05. The summed E-state index contributed by atoms with van der Waals surface area (Å²) >= 11 is 11.7. The minimum Gasteiger partial charge on any atom is -0.361 e. The molecule has 100 valence electrons. The van der Waals surface area contributed by atoms with E-state index in [9.17, 15) is 4.79 Å². The van der Waals surface area contributed by atoms with Gasteiger partial charge < -0.3 is 9.42 Å². The summed E-state index contributed by atoms with van der Waals surface area (Å²) < 4.78 is 4.94. The molecule has 0 bridgehead atoms. The molecule has 0 unspecified atom stereocenters. The number of rotatable bonds is 3. The van der Waals surface area contributed by atoms with Gasteiger partial charge in [-0.1, -0.05) is 28.4 Å². The third-order valence-corrected chi connectivity index (χ3v) is 2.95. The quantitative estimate of drug-likeness (QED) is 0.818. The lowest BCUT2D eigenvalue weighted by molar-refractivity contribution is 0.0776. The van der Waals surface area contributed by atoms with Crippen molar-refractivity contribution in [3.05, 3.63) is 45.5 Å². The van der Waals surface area contributed by atoms with Gasteiger partial charge in [0.25, 0.3) is 5.91 Å². The van der Waals surface area contributed by atoms with Gasteiger partial charge in [0.05, 0.1) is 11.6 Å². The lowest BCUT2D eigenvalue weighted by atomic mass is 10.3. The molecule has 2 rings (SSSR count). The summed E-state index contributed by atoms with van der Waals surface area (Å²) in [6, 6.07) is 4.83. The highest BCUT2D eigenvalue weighted by Gasteiger charge is 2.18. The second-order valence-corrected chi connectivity index (χ2v) is 4.85. The Kier molecular flexibility index (Phi) is 4.07. The topological polar surface area (TPSA) is 59.2 Å². The number of pyridine rings is 1. The van der Waals surface area contributed by atoms with E-state index >= 15 is 0 Å². The van der Waals surface area contributed by atoms with E-state index in [0.29, 0.717) is 18.0 Å². The molecule has 1 amide bonds. The van der Waals surface area contributed by atoms with Crippen molar-refractivity contribution in [2.45, 2.75) is 13.5 Å². The Morgan fingerprint density at radius 1 is 1.42 bits per heavy atom. The highest BCUT2D eigenvalue weighted by atomic mass is 35.5. The molecule has 0 saturated heterocycles. The van der Waals surface area contributed by atoms with Crippen molar-refractivity contribution < 1.29 is 9.32 Å². The molecule has 2 heterocycles. The third kappa shape index (κ3) is 3.24. The van der Waals surface area contributed by atoms with Gasteiger partial charge in [0.1, 0.15) is 22.3 Å². The van der Waals surface area contributed by atoms with E-state index < -0.39 is 0 Å². The Morgan fingerprint density at radius 3 is 2.79 bits per heavy atom. The number of halogens is 2. The van der Waals surface area contributed by atoms with Gasteiger partial charge in [-0.25, -0.2) is 4.98 Å². The summed E-state index contributed by atoms with van der Waals surface area (Å²) in [7, 11) is 1.63. The third-order valence-electron chi connectivity index (χ3n) is 2.44. The molecule has 0 aliphatic rings. The molecule has 19 heavy (non-hydrogen) atoms. The van der Waals surface area contributed by atoms with Crippen LogP contribution in [-0.2, 0) is 6.54 Å². The van der Waals surface area contributed by atoms with Crippen LogP contribution in [0.4, 0.5) is 0 Å². The maximum atomic E-state index is 12.2. The van der Waals surface area contributed by atoms with Crippen LogP contribution in [0.15, 0.2) is 22.7 Å². The number of hydrogen-bond donors (Lipinski definition) is 0. The highest BCUT2D eigenvalue weighted by Crippen LogP contribution is 2.18. The number of carbonyl (C=O) groups is 1. The van der Waals surface area contributed by atoms with Crippen LogP contribution in [0.5, 0.6) is 0 Å². The van der Waals surface area contributed by atoms with Crippen molar-refractivity contribution in [3.63, 3.8) is 0 Å². The van der Waals surface area contributed by atoms with E-state index in [1.165, 1.54) is 17.0 Å². The fraction of sp³-hybridized carbons (Fsp3) is 0.250. The first-order valence-corrected chi connectivity index (χ1v) is 6.22. The van der Waals surface area contributed by atoms with Crippen molar-refractivity contribution in [1.29, 1.82) is 0 Å². The molecule has 0 aromatic carbocycles. The van der Waals surface area contributed by atoms with Gasteiger partial charge in [-0.3, -0.25) is 4.79 Å². The van der Waals surface area contributed by atoms with E-state index in [4.69, 9.17) is 27.7 Å². The lowest BCUT2D eigenvalue weighted by Crippen LogP contribution is -2.27. The second kappa shape index (κ2) is 5.59. The van der Waals surface area contributed by atoms with Gasteiger partial charge in [0.2, 0.25) is 0 Å². The van der Waals surface area contributed by atoms with Crippen LogP contribution in [0.3, 0.4) is 0 Å². The van der Waals surface area contributed by atoms with Crippen molar-refractivity contribution in [1.82, 2.24) is 15.0 Å². The van der Waals surface area contributed by atoms with E-state index in [1.807, 2.05) is 0 Å². The van der Waals surface area contributed by atoms with Crippen LogP contribution in [0.1, 0.15) is 21.9 Å². The van der Waals surface area contributed by atoms with Crippen LogP contribution in [0.25, 0.3) is 0 Å². The van der Waals surface area contributed by atoms with Gasteiger partial charge in [0, 0.05) is 13.1 Å². The standard InChI is InChI=1S/C12H11Cl2N3O2/c1-7-5-8(16-19-7)6-17(2)12(18)11-9(13)3-4-10(14)15-11/h3-5H,6H2,1-2H3. The molecule has 2 aromatic heterocycles. The van der Waals surface area contributed by atoms with Crippen molar-refractivity contribution in [2.24, 2.45) is 0 Å². The number of nitrogens with zero attached hydrogens (tertiary/aromatic N) is 3. The average molecular weight is 300 g/mol. The number of hydrogen-bond acceptors (Lipinski definition) is 4. The summed E-state index contributed by atoms with van der Waals surface area (Å²) in [6.07, 6.45) is 0. The summed E-state index contributed by atoms with van der Waals surface area (Å²) in [5, 5.41) is 4.31. The first-order valence-electron chi connectivity index (χ1n) is 5.47. The summed E-state index contributed by atoms with van der Waals surface area (Å²) in [6.45, 7) is 2.09. The molecule has 5 nitrogen and oxygen atoms in total. The van der Waals surface area contributed by atoms with E-state index in [2.05, 4.69) is 10.1 Å². The molecule has 0 saturated carbocycles. The summed E-state index contributed by atoms with van der Waals surface area (Å²) in [5.41, 5.74) is 0.781. The Labute approximate surface area is 120 Å². The lowest BCUT2D eigenvalue weighted by Gasteiger charge is -2.15. The van der Waals surface area contributed by atoms with Crippen molar-refractivity contribution >= 4 is 29.1 Å². The van der Waals surface area contributed by atoms with Crippen molar-refractivity contribution in [3.8, 4) is 0 Å². The molecule has 7 heteroatoms. The predicted molar refractivity (Wildman–Crippen MR) is 71.3 cm³/mol. The maximum Gasteiger partial charge on any atom is 0.274 e. The Hall–Kier alpha value is -1.59.